The highest BCUT2D eigenvalue weighted by Gasteiger charge is 2.27. The summed E-state index contributed by atoms with van der Waals surface area (Å²) in [7, 11) is 1.39. The number of hydrogen-bond acceptors (Lipinski definition) is 5. The Morgan fingerprint density at radius 3 is 2.39 bits per heavy atom. The number of methoxy groups -OCH3 is 1. The lowest BCUT2D eigenvalue weighted by atomic mass is 9.86. The van der Waals surface area contributed by atoms with Gasteiger partial charge in [0.15, 0.2) is 0 Å². The van der Waals surface area contributed by atoms with Crippen molar-refractivity contribution in [2.75, 3.05) is 38.2 Å². The third-order valence-electron chi connectivity index (χ3n) is 5.31. The number of rotatable bonds is 3. The van der Waals surface area contributed by atoms with Crippen molar-refractivity contribution in [2.45, 2.75) is 38.6 Å². The molecule has 2 aliphatic rings. The first-order valence-electron chi connectivity index (χ1n) is 8.70. The Morgan fingerprint density at radius 2 is 1.83 bits per heavy atom. The van der Waals surface area contributed by atoms with Crippen LogP contribution in [0.2, 0.25) is 0 Å². The predicted molar refractivity (Wildman–Crippen MR) is 90.8 cm³/mol. The van der Waals surface area contributed by atoms with Crippen molar-refractivity contribution < 1.29 is 9.53 Å². The molecule has 0 bridgehead atoms. The predicted octanol–water partition coefficient (Wildman–Crippen LogP) is 2.57. The van der Waals surface area contributed by atoms with Gasteiger partial charge in [-0.1, -0.05) is 6.92 Å². The molecule has 5 heteroatoms. The quantitative estimate of drug-likeness (QED) is 0.802. The second kappa shape index (κ2) is 7.30. The van der Waals surface area contributed by atoms with Crippen LogP contribution in [0.1, 0.15) is 43.0 Å². The molecule has 0 atom stereocenters. The Hall–Kier alpha value is -1.62. The number of pyridine rings is 1. The van der Waals surface area contributed by atoms with Gasteiger partial charge in [0.25, 0.3) is 0 Å². The highest BCUT2D eigenvalue weighted by Crippen LogP contribution is 2.28. The molecule has 0 amide bonds. The topological polar surface area (TPSA) is 45.7 Å². The van der Waals surface area contributed by atoms with Gasteiger partial charge in [-0.05, 0) is 43.7 Å². The maximum absolute atomic E-state index is 11.5. The number of carbonyl (C=O) groups excluding carboxylic acids is 1. The maximum Gasteiger partial charge on any atom is 0.339 e. The van der Waals surface area contributed by atoms with Gasteiger partial charge in [-0.3, -0.25) is 4.90 Å². The highest BCUT2D eigenvalue weighted by atomic mass is 16.5. The van der Waals surface area contributed by atoms with Gasteiger partial charge in [0.2, 0.25) is 0 Å². The number of hydrogen-bond donors (Lipinski definition) is 0. The van der Waals surface area contributed by atoms with Crippen LogP contribution in [0.25, 0.3) is 0 Å². The standard InChI is InChI=1S/C18H27N3O2/c1-14-3-6-16(7-4-14)20-9-11-21(12-10-20)17-8-5-15(13-19-17)18(22)23-2/h5,8,13-14,16H,3-4,6-7,9-12H2,1-2H3/t14-,16+. The number of aromatic nitrogens is 1. The number of esters is 1. The molecule has 1 saturated heterocycles. The lowest BCUT2D eigenvalue weighted by Crippen LogP contribution is -2.51. The number of piperazine rings is 1. The van der Waals surface area contributed by atoms with Crippen molar-refractivity contribution in [2.24, 2.45) is 5.92 Å². The molecular weight excluding hydrogens is 290 g/mol. The summed E-state index contributed by atoms with van der Waals surface area (Å²) in [5, 5.41) is 0. The molecule has 0 spiro atoms. The van der Waals surface area contributed by atoms with Crippen molar-refractivity contribution >= 4 is 11.8 Å². The molecule has 1 aromatic rings. The zero-order valence-electron chi connectivity index (χ0n) is 14.2. The van der Waals surface area contributed by atoms with Crippen molar-refractivity contribution in [1.82, 2.24) is 9.88 Å². The van der Waals surface area contributed by atoms with E-state index in [1.807, 2.05) is 6.07 Å². The van der Waals surface area contributed by atoms with Gasteiger partial charge >= 0.3 is 5.97 Å². The Kier molecular flexibility index (Phi) is 5.16. The average Bonchev–Trinajstić information content (AvgIpc) is 2.62. The largest absolute Gasteiger partial charge is 0.465 e. The molecule has 126 valence electrons. The van der Waals surface area contributed by atoms with Crippen LogP contribution in [-0.2, 0) is 4.74 Å². The first kappa shape index (κ1) is 16.2. The van der Waals surface area contributed by atoms with E-state index in [0.717, 1.165) is 44.0 Å². The summed E-state index contributed by atoms with van der Waals surface area (Å²) in [5.74, 6) is 1.53. The summed E-state index contributed by atoms with van der Waals surface area (Å²) >= 11 is 0. The molecule has 2 fully saturated rings. The second-order valence-corrected chi connectivity index (χ2v) is 6.83. The smallest absolute Gasteiger partial charge is 0.339 e. The van der Waals surface area contributed by atoms with E-state index in [1.54, 1.807) is 12.3 Å². The monoisotopic (exact) mass is 317 g/mol. The van der Waals surface area contributed by atoms with Crippen LogP contribution in [-0.4, -0.2) is 55.2 Å². The minimum Gasteiger partial charge on any atom is -0.465 e. The first-order valence-corrected chi connectivity index (χ1v) is 8.70. The van der Waals surface area contributed by atoms with Gasteiger partial charge in [-0.25, -0.2) is 9.78 Å². The van der Waals surface area contributed by atoms with Gasteiger partial charge in [0.05, 0.1) is 12.7 Å². The molecule has 23 heavy (non-hydrogen) atoms. The Morgan fingerprint density at radius 1 is 1.13 bits per heavy atom. The number of nitrogens with zero attached hydrogens (tertiary/aromatic N) is 3. The van der Waals surface area contributed by atoms with Crippen molar-refractivity contribution in [1.29, 1.82) is 0 Å². The Bertz CT molecular complexity index is 516. The maximum atomic E-state index is 11.5. The molecule has 5 nitrogen and oxygen atoms in total. The number of carbonyl (C=O) groups is 1. The lowest BCUT2D eigenvalue weighted by molar-refractivity contribution is 0.0600. The SMILES string of the molecule is COC(=O)c1ccc(N2CCN([C@H]3CC[C@@H](C)CC3)CC2)nc1. The fraction of sp³-hybridized carbons (Fsp3) is 0.667. The van der Waals surface area contributed by atoms with Crippen LogP contribution >= 0.6 is 0 Å². The molecule has 1 aliphatic heterocycles. The zero-order valence-corrected chi connectivity index (χ0v) is 14.2. The molecule has 1 saturated carbocycles. The molecule has 0 N–H and O–H groups in total. The van der Waals surface area contributed by atoms with Crippen LogP contribution in [0.5, 0.6) is 0 Å². The molecule has 1 aliphatic carbocycles. The van der Waals surface area contributed by atoms with Crippen molar-refractivity contribution in [3.8, 4) is 0 Å². The van der Waals surface area contributed by atoms with Gasteiger partial charge < -0.3 is 9.64 Å². The number of ether oxygens (including phenoxy) is 1. The average molecular weight is 317 g/mol. The van der Waals surface area contributed by atoms with Crippen LogP contribution in [0.4, 0.5) is 5.82 Å². The van der Waals surface area contributed by atoms with E-state index in [1.165, 1.54) is 32.8 Å². The minimum absolute atomic E-state index is 0.333. The van der Waals surface area contributed by atoms with Crippen LogP contribution in [0.15, 0.2) is 18.3 Å². The number of anilines is 1. The minimum atomic E-state index is -0.333. The lowest BCUT2D eigenvalue weighted by Gasteiger charge is -2.42. The summed E-state index contributed by atoms with van der Waals surface area (Å²) in [6, 6.07) is 4.50. The zero-order chi connectivity index (χ0) is 16.2. The van der Waals surface area contributed by atoms with Crippen molar-refractivity contribution in [3.05, 3.63) is 23.9 Å². The normalized spacial score (nSPS) is 26.1. The second-order valence-electron chi connectivity index (χ2n) is 6.83. The Balaban J connectivity index is 1.53. The van der Waals surface area contributed by atoms with E-state index in [9.17, 15) is 4.79 Å². The highest BCUT2D eigenvalue weighted by molar-refractivity contribution is 5.89. The Labute approximate surface area is 138 Å². The third kappa shape index (κ3) is 3.83. The molecule has 3 rings (SSSR count). The summed E-state index contributed by atoms with van der Waals surface area (Å²) in [6.45, 7) is 6.62. The van der Waals surface area contributed by atoms with E-state index < -0.39 is 0 Å². The van der Waals surface area contributed by atoms with Crippen LogP contribution in [0, 0.1) is 5.92 Å². The van der Waals surface area contributed by atoms with E-state index in [0.29, 0.717) is 5.56 Å². The summed E-state index contributed by atoms with van der Waals surface area (Å²) in [5.41, 5.74) is 0.506. The fourth-order valence-corrected chi connectivity index (χ4v) is 3.74. The van der Waals surface area contributed by atoms with Crippen LogP contribution < -0.4 is 4.90 Å². The van der Waals surface area contributed by atoms with Gasteiger partial charge in [0, 0.05) is 38.4 Å². The van der Waals surface area contributed by atoms with Gasteiger partial charge in [-0.2, -0.15) is 0 Å². The first-order chi connectivity index (χ1) is 11.2. The van der Waals surface area contributed by atoms with Crippen molar-refractivity contribution in [3.63, 3.8) is 0 Å². The molecule has 0 unspecified atom stereocenters. The van der Waals surface area contributed by atoms with E-state index in [-0.39, 0.29) is 5.97 Å². The van der Waals surface area contributed by atoms with E-state index >= 15 is 0 Å². The van der Waals surface area contributed by atoms with E-state index in [2.05, 4.69) is 21.7 Å². The van der Waals surface area contributed by atoms with Gasteiger partial charge in [-0.15, -0.1) is 0 Å². The molecule has 0 radical (unpaired) electrons. The fourth-order valence-electron chi connectivity index (χ4n) is 3.74. The van der Waals surface area contributed by atoms with E-state index in [4.69, 9.17) is 4.74 Å². The van der Waals surface area contributed by atoms with Gasteiger partial charge in [0.1, 0.15) is 5.82 Å². The third-order valence-corrected chi connectivity index (χ3v) is 5.31. The van der Waals surface area contributed by atoms with Crippen LogP contribution in [0.3, 0.4) is 0 Å². The molecule has 0 aromatic carbocycles. The molecular formula is C18H27N3O2. The molecule has 2 heterocycles. The summed E-state index contributed by atoms with van der Waals surface area (Å²) in [6.07, 6.45) is 7.07. The molecule has 1 aromatic heterocycles. The summed E-state index contributed by atoms with van der Waals surface area (Å²) in [4.78, 5) is 20.9. The summed E-state index contributed by atoms with van der Waals surface area (Å²) < 4.78 is 4.71.